The first-order valence-corrected chi connectivity index (χ1v) is 6.26. The molecule has 1 saturated carbocycles. The summed E-state index contributed by atoms with van der Waals surface area (Å²) in [4.78, 5) is 11.9. The minimum absolute atomic E-state index is 0.175. The third-order valence-corrected chi connectivity index (χ3v) is 3.45. The van der Waals surface area contributed by atoms with Crippen molar-refractivity contribution in [2.24, 2.45) is 0 Å². The summed E-state index contributed by atoms with van der Waals surface area (Å²) < 4.78 is 5.12. The zero-order chi connectivity index (χ0) is 12.3. The molecule has 0 atom stereocenters. The van der Waals surface area contributed by atoms with Gasteiger partial charge in [-0.2, -0.15) is 0 Å². The SMILES string of the molecule is CCOC(=O)C1(Nc2ccccc2Cl)CCC1. The molecule has 0 spiro atoms. The van der Waals surface area contributed by atoms with Crippen LogP contribution in [0.5, 0.6) is 0 Å². The van der Waals surface area contributed by atoms with E-state index < -0.39 is 5.54 Å². The van der Waals surface area contributed by atoms with Crippen molar-refractivity contribution in [2.75, 3.05) is 11.9 Å². The average molecular weight is 254 g/mol. The summed E-state index contributed by atoms with van der Waals surface area (Å²) in [5, 5.41) is 3.87. The molecule has 0 unspecified atom stereocenters. The molecular formula is C13H16ClNO2. The minimum atomic E-state index is -0.568. The predicted molar refractivity (Wildman–Crippen MR) is 68.3 cm³/mol. The van der Waals surface area contributed by atoms with Gasteiger partial charge in [-0.25, -0.2) is 4.79 Å². The Hall–Kier alpha value is -1.22. The van der Waals surface area contributed by atoms with Crippen LogP contribution in [0.4, 0.5) is 5.69 Å². The van der Waals surface area contributed by atoms with Crippen LogP contribution in [0.1, 0.15) is 26.2 Å². The molecule has 0 bridgehead atoms. The number of benzene rings is 1. The summed E-state index contributed by atoms with van der Waals surface area (Å²) >= 11 is 6.08. The van der Waals surface area contributed by atoms with Gasteiger partial charge in [0.1, 0.15) is 5.54 Å². The Bertz CT molecular complexity index is 416. The van der Waals surface area contributed by atoms with Crippen LogP contribution >= 0.6 is 11.6 Å². The molecule has 1 aromatic carbocycles. The van der Waals surface area contributed by atoms with E-state index in [-0.39, 0.29) is 5.97 Å². The van der Waals surface area contributed by atoms with Crippen LogP contribution in [-0.4, -0.2) is 18.1 Å². The molecule has 0 aliphatic heterocycles. The first kappa shape index (κ1) is 12.2. The molecule has 1 fully saturated rings. The highest BCUT2D eigenvalue weighted by Gasteiger charge is 2.45. The van der Waals surface area contributed by atoms with Gasteiger partial charge in [0.25, 0.3) is 0 Å². The van der Waals surface area contributed by atoms with Crippen molar-refractivity contribution in [1.29, 1.82) is 0 Å². The molecule has 3 nitrogen and oxygen atoms in total. The largest absolute Gasteiger partial charge is 0.464 e. The molecule has 92 valence electrons. The molecule has 1 aromatic rings. The van der Waals surface area contributed by atoms with Crippen LogP contribution in [0.25, 0.3) is 0 Å². The monoisotopic (exact) mass is 253 g/mol. The Morgan fingerprint density at radius 2 is 2.18 bits per heavy atom. The fourth-order valence-electron chi connectivity index (χ4n) is 2.00. The van der Waals surface area contributed by atoms with Crippen molar-refractivity contribution in [2.45, 2.75) is 31.7 Å². The summed E-state index contributed by atoms with van der Waals surface area (Å²) in [7, 11) is 0. The molecule has 2 rings (SSSR count). The summed E-state index contributed by atoms with van der Waals surface area (Å²) in [5.41, 5.74) is 0.225. The zero-order valence-corrected chi connectivity index (χ0v) is 10.6. The number of ether oxygens (including phenoxy) is 1. The van der Waals surface area contributed by atoms with E-state index in [1.807, 2.05) is 25.1 Å². The van der Waals surface area contributed by atoms with Crippen LogP contribution in [0, 0.1) is 0 Å². The molecule has 0 radical (unpaired) electrons. The van der Waals surface area contributed by atoms with E-state index >= 15 is 0 Å². The Morgan fingerprint density at radius 1 is 1.47 bits per heavy atom. The number of rotatable bonds is 4. The standard InChI is InChI=1S/C13H16ClNO2/c1-2-17-12(16)13(8-5-9-13)15-11-7-4-3-6-10(11)14/h3-4,6-7,15H,2,5,8-9H2,1H3. The highest BCUT2D eigenvalue weighted by molar-refractivity contribution is 6.33. The van der Waals surface area contributed by atoms with Crippen LogP contribution in [-0.2, 0) is 9.53 Å². The maximum Gasteiger partial charge on any atom is 0.331 e. The lowest BCUT2D eigenvalue weighted by atomic mass is 9.76. The number of halogens is 1. The molecule has 4 heteroatoms. The molecule has 1 aliphatic carbocycles. The highest BCUT2D eigenvalue weighted by atomic mass is 35.5. The number of hydrogen-bond acceptors (Lipinski definition) is 3. The maximum atomic E-state index is 11.9. The van der Waals surface area contributed by atoms with E-state index in [9.17, 15) is 4.79 Å². The van der Waals surface area contributed by atoms with Gasteiger partial charge in [-0.05, 0) is 38.3 Å². The fraction of sp³-hybridized carbons (Fsp3) is 0.462. The lowest BCUT2D eigenvalue weighted by molar-refractivity contribution is -0.151. The van der Waals surface area contributed by atoms with E-state index in [4.69, 9.17) is 16.3 Å². The summed E-state index contributed by atoms with van der Waals surface area (Å²) in [6.07, 6.45) is 2.64. The van der Waals surface area contributed by atoms with Gasteiger partial charge in [-0.1, -0.05) is 23.7 Å². The molecule has 17 heavy (non-hydrogen) atoms. The number of para-hydroxylation sites is 1. The van der Waals surface area contributed by atoms with E-state index in [2.05, 4.69) is 5.32 Å². The number of esters is 1. The molecule has 1 aliphatic rings. The maximum absolute atomic E-state index is 11.9. The Labute approximate surface area is 106 Å². The lowest BCUT2D eigenvalue weighted by Crippen LogP contribution is -2.53. The smallest absolute Gasteiger partial charge is 0.331 e. The van der Waals surface area contributed by atoms with Crippen molar-refractivity contribution >= 4 is 23.3 Å². The van der Waals surface area contributed by atoms with Gasteiger partial charge in [0, 0.05) is 0 Å². The van der Waals surface area contributed by atoms with E-state index in [0.717, 1.165) is 24.9 Å². The van der Waals surface area contributed by atoms with Crippen molar-refractivity contribution in [3.8, 4) is 0 Å². The second-order valence-electron chi connectivity index (χ2n) is 4.26. The highest BCUT2D eigenvalue weighted by Crippen LogP contribution is 2.38. The Morgan fingerprint density at radius 3 is 2.71 bits per heavy atom. The molecule has 0 aromatic heterocycles. The van der Waals surface area contributed by atoms with Gasteiger partial charge >= 0.3 is 5.97 Å². The topological polar surface area (TPSA) is 38.3 Å². The third kappa shape index (κ3) is 2.39. The van der Waals surface area contributed by atoms with Gasteiger partial charge in [0.05, 0.1) is 17.3 Å². The molecular weight excluding hydrogens is 238 g/mol. The van der Waals surface area contributed by atoms with E-state index in [0.29, 0.717) is 11.6 Å². The molecule has 1 N–H and O–H groups in total. The molecule has 0 amide bonds. The first-order valence-electron chi connectivity index (χ1n) is 5.88. The summed E-state index contributed by atoms with van der Waals surface area (Å²) in [6.45, 7) is 2.23. The van der Waals surface area contributed by atoms with E-state index in [1.165, 1.54) is 0 Å². The first-order chi connectivity index (χ1) is 8.18. The Balaban J connectivity index is 2.15. The number of carbonyl (C=O) groups is 1. The van der Waals surface area contributed by atoms with Gasteiger partial charge < -0.3 is 10.1 Å². The second-order valence-corrected chi connectivity index (χ2v) is 4.67. The van der Waals surface area contributed by atoms with Gasteiger partial charge in [0.15, 0.2) is 0 Å². The molecule has 0 heterocycles. The van der Waals surface area contributed by atoms with E-state index in [1.54, 1.807) is 6.07 Å². The predicted octanol–water partition coefficient (Wildman–Crippen LogP) is 3.24. The normalized spacial score (nSPS) is 17.1. The Kier molecular flexibility index (Phi) is 3.57. The van der Waals surface area contributed by atoms with Crippen LogP contribution < -0.4 is 5.32 Å². The van der Waals surface area contributed by atoms with Crippen LogP contribution in [0.2, 0.25) is 5.02 Å². The third-order valence-electron chi connectivity index (χ3n) is 3.12. The number of anilines is 1. The lowest BCUT2D eigenvalue weighted by Gasteiger charge is -2.40. The summed E-state index contributed by atoms with van der Waals surface area (Å²) in [5.74, 6) is -0.175. The fourth-order valence-corrected chi connectivity index (χ4v) is 2.18. The van der Waals surface area contributed by atoms with Crippen LogP contribution in [0.3, 0.4) is 0 Å². The summed E-state index contributed by atoms with van der Waals surface area (Å²) in [6, 6.07) is 7.44. The number of nitrogens with one attached hydrogen (secondary N) is 1. The van der Waals surface area contributed by atoms with Gasteiger partial charge in [-0.15, -0.1) is 0 Å². The number of hydrogen-bond donors (Lipinski definition) is 1. The van der Waals surface area contributed by atoms with Crippen molar-refractivity contribution in [3.63, 3.8) is 0 Å². The average Bonchev–Trinajstić information content (AvgIpc) is 2.26. The molecule has 0 saturated heterocycles. The van der Waals surface area contributed by atoms with Crippen molar-refractivity contribution in [3.05, 3.63) is 29.3 Å². The van der Waals surface area contributed by atoms with Gasteiger partial charge in [-0.3, -0.25) is 0 Å². The van der Waals surface area contributed by atoms with Gasteiger partial charge in [0.2, 0.25) is 0 Å². The zero-order valence-electron chi connectivity index (χ0n) is 9.83. The minimum Gasteiger partial charge on any atom is -0.464 e. The second kappa shape index (κ2) is 4.96. The quantitative estimate of drug-likeness (QED) is 0.838. The van der Waals surface area contributed by atoms with Crippen LogP contribution in [0.15, 0.2) is 24.3 Å². The van der Waals surface area contributed by atoms with Crippen molar-refractivity contribution in [1.82, 2.24) is 0 Å². The van der Waals surface area contributed by atoms with Crippen molar-refractivity contribution < 1.29 is 9.53 Å². The number of carbonyl (C=O) groups excluding carboxylic acids is 1.